The van der Waals surface area contributed by atoms with E-state index in [4.69, 9.17) is 10.00 Å². The average Bonchev–Trinajstić information content (AvgIpc) is 2.46. The maximum Gasteiger partial charge on any atom is 0.165 e. The van der Waals surface area contributed by atoms with E-state index in [9.17, 15) is 9.18 Å². The Balaban J connectivity index is 2.11. The molecule has 0 saturated carbocycles. The molecule has 0 spiro atoms. The molecule has 2 aromatic carbocycles. The second-order valence-corrected chi connectivity index (χ2v) is 4.30. The third-order valence-corrected chi connectivity index (χ3v) is 2.79. The molecular formula is C16H12FNO2. The van der Waals surface area contributed by atoms with Crippen LogP contribution in [0.1, 0.15) is 28.4 Å². The number of rotatable bonds is 4. The van der Waals surface area contributed by atoms with E-state index in [-0.39, 0.29) is 18.1 Å². The molecule has 0 heterocycles. The summed E-state index contributed by atoms with van der Waals surface area (Å²) in [5, 5.41) is 8.79. The van der Waals surface area contributed by atoms with E-state index in [1.54, 1.807) is 24.3 Å². The Kier molecular flexibility index (Phi) is 4.11. The van der Waals surface area contributed by atoms with Gasteiger partial charge in [-0.15, -0.1) is 0 Å². The van der Waals surface area contributed by atoms with E-state index in [0.717, 1.165) is 11.6 Å². The first kappa shape index (κ1) is 13.8. The predicted molar refractivity (Wildman–Crippen MR) is 71.9 cm³/mol. The van der Waals surface area contributed by atoms with Crippen molar-refractivity contribution < 1.29 is 13.9 Å². The van der Waals surface area contributed by atoms with Gasteiger partial charge in [0.1, 0.15) is 6.61 Å². The molecule has 0 aliphatic heterocycles. The summed E-state index contributed by atoms with van der Waals surface area (Å²) >= 11 is 0. The number of nitrogens with zero attached hydrogens (tertiary/aromatic N) is 1. The van der Waals surface area contributed by atoms with E-state index in [0.29, 0.717) is 11.1 Å². The monoisotopic (exact) mass is 269 g/mol. The lowest BCUT2D eigenvalue weighted by Gasteiger charge is -2.08. The fourth-order valence-electron chi connectivity index (χ4n) is 1.73. The van der Waals surface area contributed by atoms with Crippen LogP contribution in [0.25, 0.3) is 0 Å². The highest BCUT2D eigenvalue weighted by molar-refractivity contribution is 5.94. The topological polar surface area (TPSA) is 50.1 Å². The van der Waals surface area contributed by atoms with Crippen LogP contribution in [0.4, 0.5) is 4.39 Å². The van der Waals surface area contributed by atoms with Crippen molar-refractivity contribution in [3.05, 3.63) is 65.0 Å². The van der Waals surface area contributed by atoms with Gasteiger partial charge in [-0.2, -0.15) is 5.26 Å². The highest BCUT2D eigenvalue weighted by Gasteiger charge is 2.07. The van der Waals surface area contributed by atoms with Crippen LogP contribution < -0.4 is 4.74 Å². The molecular weight excluding hydrogens is 257 g/mol. The van der Waals surface area contributed by atoms with E-state index in [1.807, 2.05) is 6.07 Å². The molecule has 0 N–H and O–H groups in total. The minimum atomic E-state index is -0.575. The molecule has 0 saturated heterocycles. The zero-order valence-corrected chi connectivity index (χ0v) is 10.9. The second kappa shape index (κ2) is 5.98. The minimum Gasteiger partial charge on any atom is -0.486 e. The summed E-state index contributed by atoms with van der Waals surface area (Å²) in [5.74, 6) is -0.691. The summed E-state index contributed by atoms with van der Waals surface area (Å²) < 4.78 is 19.1. The molecule has 0 bridgehead atoms. The standard InChI is InChI=1S/C16H12FNO2/c1-11(19)14-5-6-16(15(17)8-14)20-10-13-4-2-3-12(7-13)9-18/h2-8H,10H2,1H3. The molecule has 0 aliphatic rings. The van der Waals surface area contributed by atoms with Crippen LogP contribution in [0.5, 0.6) is 5.75 Å². The van der Waals surface area contributed by atoms with Crippen molar-refractivity contribution in [3.63, 3.8) is 0 Å². The number of Topliss-reactive ketones (excluding diaryl/α,β-unsaturated/α-hetero) is 1. The molecule has 0 aromatic heterocycles. The Morgan fingerprint density at radius 2 is 2.10 bits per heavy atom. The molecule has 2 aromatic rings. The van der Waals surface area contributed by atoms with E-state index < -0.39 is 5.82 Å². The second-order valence-electron chi connectivity index (χ2n) is 4.30. The number of ether oxygens (including phenoxy) is 1. The normalized spacial score (nSPS) is 9.85. The van der Waals surface area contributed by atoms with Crippen molar-refractivity contribution in [2.75, 3.05) is 0 Å². The molecule has 4 heteroatoms. The van der Waals surface area contributed by atoms with Gasteiger partial charge in [-0.1, -0.05) is 12.1 Å². The van der Waals surface area contributed by atoms with Gasteiger partial charge in [-0.05, 0) is 42.8 Å². The van der Waals surface area contributed by atoms with Crippen LogP contribution in [-0.2, 0) is 6.61 Å². The molecule has 3 nitrogen and oxygen atoms in total. The summed E-state index contributed by atoms with van der Waals surface area (Å²) in [6.07, 6.45) is 0. The van der Waals surface area contributed by atoms with Gasteiger partial charge in [-0.3, -0.25) is 4.79 Å². The predicted octanol–water partition coefficient (Wildman–Crippen LogP) is 3.48. The van der Waals surface area contributed by atoms with Crippen molar-refractivity contribution >= 4 is 5.78 Å². The summed E-state index contributed by atoms with van der Waals surface area (Å²) in [6, 6.07) is 13.0. The zero-order valence-electron chi connectivity index (χ0n) is 10.9. The summed E-state index contributed by atoms with van der Waals surface area (Å²) in [5.41, 5.74) is 1.61. The maximum atomic E-state index is 13.7. The third-order valence-electron chi connectivity index (χ3n) is 2.79. The van der Waals surface area contributed by atoms with Crippen LogP contribution in [0.3, 0.4) is 0 Å². The fraction of sp³-hybridized carbons (Fsp3) is 0.125. The summed E-state index contributed by atoms with van der Waals surface area (Å²) in [7, 11) is 0. The first-order valence-electron chi connectivity index (χ1n) is 6.02. The van der Waals surface area contributed by atoms with E-state index in [2.05, 4.69) is 0 Å². The van der Waals surface area contributed by atoms with Crippen molar-refractivity contribution in [1.29, 1.82) is 5.26 Å². The van der Waals surface area contributed by atoms with Crippen molar-refractivity contribution in [3.8, 4) is 11.8 Å². The number of carbonyl (C=O) groups is 1. The molecule has 0 amide bonds. The number of halogens is 1. The molecule has 20 heavy (non-hydrogen) atoms. The summed E-state index contributed by atoms with van der Waals surface area (Å²) in [6.45, 7) is 1.54. The Bertz CT molecular complexity index is 689. The molecule has 0 fully saturated rings. The Labute approximate surface area is 116 Å². The lowest BCUT2D eigenvalue weighted by molar-refractivity contribution is 0.101. The Hall–Kier alpha value is -2.67. The van der Waals surface area contributed by atoms with Gasteiger partial charge in [-0.25, -0.2) is 4.39 Å². The molecule has 0 aliphatic carbocycles. The number of benzene rings is 2. The van der Waals surface area contributed by atoms with Gasteiger partial charge in [0.25, 0.3) is 0 Å². The lowest BCUT2D eigenvalue weighted by Crippen LogP contribution is -2.00. The maximum absolute atomic E-state index is 13.7. The highest BCUT2D eigenvalue weighted by atomic mass is 19.1. The lowest BCUT2D eigenvalue weighted by atomic mass is 10.1. The molecule has 2 rings (SSSR count). The average molecular weight is 269 g/mol. The number of hydrogen-bond acceptors (Lipinski definition) is 3. The first-order chi connectivity index (χ1) is 9.60. The van der Waals surface area contributed by atoms with Gasteiger partial charge in [0, 0.05) is 5.56 Å². The molecule has 0 radical (unpaired) electrons. The van der Waals surface area contributed by atoms with Crippen molar-refractivity contribution in [2.24, 2.45) is 0 Å². The van der Waals surface area contributed by atoms with E-state index in [1.165, 1.54) is 19.1 Å². The molecule has 0 unspecified atom stereocenters. The van der Waals surface area contributed by atoms with Crippen LogP contribution in [-0.4, -0.2) is 5.78 Å². The van der Waals surface area contributed by atoms with Crippen LogP contribution in [0.15, 0.2) is 42.5 Å². The number of carbonyl (C=O) groups excluding carboxylic acids is 1. The van der Waals surface area contributed by atoms with Crippen LogP contribution >= 0.6 is 0 Å². The smallest absolute Gasteiger partial charge is 0.165 e. The number of hydrogen-bond donors (Lipinski definition) is 0. The van der Waals surface area contributed by atoms with Crippen LogP contribution in [0.2, 0.25) is 0 Å². The SMILES string of the molecule is CC(=O)c1ccc(OCc2cccc(C#N)c2)c(F)c1. The van der Waals surface area contributed by atoms with Gasteiger partial charge in [0.15, 0.2) is 17.3 Å². The van der Waals surface area contributed by atoms with E-state index >= 15 is 0 Å². The van der Waals surface area contributed by atoms with Gasteiger partial charge < -0.3 is 4.74 Å². The van der Waals surface area contributed by atoms with Gasteiger partial charge in [0.2, 0.25) is 0 Å². The van der Waals surface area contributed by atoms with Gasteiger partial charge >= 0.3 is 0 Å². The highest BCUT2D eigenvalue weighted by Crippen LogP contribution is 2.20. The quantitative estimate of drug-likeness (QED) is 0.798. The Morgan fingerprint density at radius 1 is 1.30 bits per heavy atom. The van der Waals surface area contributed by atoms with Crippen LogP contribution in [0, 0.1) is 17.1 Å². The molecule has 0 atom stereocenters. The molecule has 100 valence electrons. The zero-order chi connectivity index (χ0) is 14.5. The number of ketones is 1. The fourth-order valence-corrected chi connectivity index (χ4v) is 1.73. The number of nitriles is 1. The van der Waals surface area contributed by atoms with Crippen molar-refractivity contribution in [1.82, 2.24) is 0 Å². The van der Waals surface area contributed by atoms with Crippen molar-refractivity contribution in [2.45, 2.75) is 13.5 Å². The largest absolute Gasteiger partial charge is 0.486 e. The summed E-state index contributed by atoms with van der Waals surface area (Å²) in [4.78, 5) is 11.1. The minimum absolute atomic E-state index is 0.0809. The van der Waals surface area contributed by atoms with Gasteiger partial charge in [0.05, 0.1) is 11.6 Å². The first-order valence-corrected chi connectivity index (χ1v) is 6.02. The Morgan fingerprint density at radius 3 is 2.75 bits per heavy atom. The third kappa shape index (κ3) is 3.21.